The zero-order valence-electron chi connectivity index (χ0n) is 11.8. The van der Waals surface area contributed by atoms with E-state index in [-0.39, 0.29) is 0 Å². The SMILES string of the molecule is CCSCCN(c1ccccn1)C1CCC(N)CC1. The van der Waals surface area contributed by atoms with Gasteiger partial charge in [0, 0.05) is 30.6 Å². The highest BCUT2D eigenvalue weighted by molar-refractivity contribution is 7.99. The molecule has 1 heterocycles. The molecule has 0 aliphatic heterocycles. The van der Waals surface area contributed by atoms with Crippen LogP contribution in [0, 0.1) is 0 Å². The number of nitrogens with zero attached hydrogens (tertiary/aromatic N) is 2. The second kappa shape index (κ2) is 7.75. The maximum Gasteiger partial charge on any atom is 0.128 e. The van der Waals surface area contributed by atoms with Crippen molar-refractivity contribution in [1.29, 1.82) is 0 Å². The van der Waals surface area contributed by atoms with Crippen molar-refractivity contribution in [2.75, 3.05) is 23.0 Å². The van der Waals surface area contributed by atoms with Crippen LogP contribution in [0.1, 0.15) is 32.6 Å². The molecule has 0 aromatic carbocycles. The standard InChI is InChI=1S/C15H25N3S/c1-2-19-12-11-18(15-5-3-4-10-17-15)14-8-6-13(16)7-9-14/h3-5,10,13-14H,2,6-9,11-12,16H2,1H3. The van der Waals surface area contributed by atoms with Crippen LogP contribution in [0.2, 0.25) is 0 Å². The van der Waals surface area contributed by atoms with Gasteiger partial charge in [-0.25, -0.2) is 4.98 Å². The van der Waals surface area contributed by atoms with Crippen LogP contribution < -0.4 is 10.6 Å². The molecule has 0 radical (unpaired) electrons. The monoisotopic (exact) mass is 279 g/mol. The Morgan fingerprint density at radius 3 is 2.74 bits per heavy atom. The van der Waals surface area contributed by atoms with Crippen LogP contribution in [0.3, 0.4) is 0 Å². The van der Waals surface area contributed by atoms with Crippen LogP contribution in [0.25, 0.3) is 0 Å². The minimum absolute atomic E-state index is 0.409. The lowest BCUT2D eigenvalue weighted by molar-refractivity contribution is 0.377. The number of rotatable bonds is 6. The van der Waals surface area contributed by atoms with Crippen molar-refractivity contribution in [2.24, 2.45) is 5.73 Å². The summed E-state index contributed by atoms with van der Waals surface area (Å²) in [7, 11) is 0. The summed E-state index contributed by atoms with van der Waals surface area (Å²) in [5.74, 6) is 3.49. The predicted octanol–water partition coefficient (Wildman–Crippen LogP) is 2.91. The van der Waals surface area contributed by atoms with Gasteiger partial charge in [-0.2, -0.15) is 11.8 Å². The van der Waals surface area contributed by atoms with E-state index in [1.54, 1.807) is 0 Å². The van der Waals surface area contributed by atoms with Gasteiger partial charge in [-0.1, -0.05) is 13.0 Å². The van der Waals surface area contributed by atoms with Crippen molar-refractivity contribution < 1.29 is 0 Å². The minimum atomic E-state index is 0.409. The van der Waals surface area contributed by atoms with E-state index < -0.39 is 0 Å². The molecule has 0 spiro atoms. The van der Waals surface area contributed by atoms with Crippen molar-refractivity contribution >= 4 is 17.6 Å². The summed E-state index contributed by atoms with van der Waals surface area (Å²) in [6, 6.07) is 7.22. The largest absolute Gasteiger partial charge is 0.353 e. The van der Waals surface area contributed by atoms with E-state index >= 15 is 0 Å². The fourth-order valence-corrected chi connectivity index (χ4v) is 3.34. The van der Waals surface area contributed by atoms with Gasteiger partial charge in [0.15, 0.2) is 0 Å². The Balaban J connectivity index is 2.01. The molecule has 0 amide bonds. The molecule has 1 aliphatic carbocycles. The van der Waals surface area contributed by atoms with Gasteiger partial charge in [0.1, 0.15) is 5.82 Å². The van der Waals surface area contributed by atoms with Crippen molar-refractivity contribution in [3.05, 3.63) is 24.4 Å². The number of anilines is 1. The van der Waals surface area contributed by atoms with Crippen molar-refractivity contribution in [1.82, 2.24) is 4.98 Å². The highest BCUT2D eigenvalue weighted by Crippen LogP contribution is 2.26. The van der Waals surface area contributed by atoms with Crippen LogP contribution in [0.4, 0.5) is 5.82 Å². The molecular formula is C15H25N3S. The van der Waals surface area contributed by atoms with E-state index in [1.165, 1.54) is 24.3 Å². The fourth-order valence-electron chi connectivity index (χ4n) is 2.73. The Kier molecular flexibility index (Phi) is 5.98. The first-order chi connectivity index (χ1) is 9.31. The molecule has 2 rings (SSSR count). The number of pyridine rings is 1. The molecule has 0 atom stereocenters. The second-order valence-corrected chi connectivity index (χ2v) is 6.54. The molecule has 4 heteroatoms. The molecule has 1 aromatic rings. The van der Waals surface area contributed by atoms with E-state index in [1.807, 2.05) is 24.0 Å². The van der Waals surface area contributed by atoms with Crippen molar-refractivity contribution in [3.63, 3.8) is 0 Å². The summed E-state index contributed by atoms with van der Waals surface area (Å²) in [5.41, 5.74) is 6.02. The summed E-state index contributed by atoms with van der Waals surface area (Å²) in [4.78, 5) is 7.03. The third-order valence-electron chi connectivity index (χ3n) is 3.81. The lowest BCUT2D eigenvalue weighted by Gasteiger charge is -2.37. The zero-order chi connectivity index (χ0) is 13.5. The summed E-state index contributed by atoms with van der Waals surface area (Å²) < 4.78 is 0. The maximum atomic E-state index is 6.02. The third-order valence-corrected chi connectivity index (χ3v) is 4.69. The number of aromatic nitrogens is 1. The highest BCUT2D eigenvalue weighted by Gasteiger charge is 2.24. The summed E-state index contributed by atoms with van der Waals surface area (Å²) >= 11 is 2.00. The Morgan fingerprint density at radius 1 is 1.32 bits per heavy atom. The van der Waals surface area contributed by atoms with E-state index in [2.05, 4.69) is 28.9 Å². The summed E-state index contributed by atoms with van der Waals surface area (Å²) in [6.45, 7) is 3.31. The number of hydrogen-bond donors (Lipinski definition) is 1. The van der Waals surface area contributed by atoms with Crippen LogP contribution in [-0.4, -0.2) is 35.1 Å². The van der Waals surface area contributed by atoms with Gasteiger partial charge in [-0.15, -0.1) is 0 Å². The van der Waals surface area contributed by atoms with E-state index in [4.69, 9.17) is 5.73 Å². The Morgan fingerprint density at radius 2 is 2.11 bits per heavy atom. The molecular weight excluding hydrogens is 254 g/mol. The lowest BCUT2D eigenvalue weighted by Crippen LogP contribution is -2.42. The fraction of sp³-hybridized carbons (Fsp3) is 0.667. The van der Waals surface area contributed by atoms with Gasteiger partial charge in [0.05, 0.1) is 0 Å². The first-order valence-corrected chi connectivity index (χ1v) is 8.47. The predicted molar refractivity (Wildman–Crippen MR) is 84.8 cm³/mol. The van der Waals surface area contributed by atoms with Crippen LogP contribution in [-0.2, 0) is 0 Å². The van der Waals surface area contributed by atoms with E-state index in [9.17, 15) is 0 Å². The van der Waals surface area contributed by atoms with Crippen molar-refractivity contribution in [2.45, 2.75) is 44.7 Å². The molecule has 19 heavy (non-hydrogen) atoms. The zero-order valence-corrected chi connectivity index (χ0v) is 12.6. The first kappa shape index (κ1) is 14.7. The molecule has 1 saturated carbocycles. The second-order valence-electron chi connectivity index (χ2n) is 5.15. The van der Waals surface area contributed by atoms with Gasteiger partial charge >= 0.3 is 0 Å². The number of nitrogens with two attached hydrogens (primary N) is 1. The Labute approximate surface area is 121 Å². The maximum absolute atomic E-state index is 6.02. The van der Waals surface area contributed by atoms with Gasteiger partial charge in [-0.3, -0.25) is 0 Å². The summed E-state index contributed by atoms with van der Waals surface area (Å²) in [5, 5.41) is 0. The molecule has 1 aromatic heterocycles. The Bertz CT molecular complexity index is 350. The topological polar surface area (TPSA) is 42.2 Å². The van der Waals surface area contributed by atoms with Crippen LogP contribution in [0.5, 0.6) is 0 Å². The molecule has 0 unspecified atom stereocenters. The highest BCUT2D eigenvalue weighted by atomic mass is 32.2. The molecule has 106 valence electrons. The smallest absolute Gasteiger partial charge is 0.128 e. The first-order valence-electron chi connectivity index (χ1n) is 7.32. The normalized spacial score (nSPS) is 23.3. The average molecular weight is 279 g/mol. The minimum Gasteiger partial charge on any atom is -0.353 e. The molecule has 2 N–H and O–H groups in total. The summed E-state index contributed by atoms with van der Waals surface area (Å²) in [6.07, 6.45) is 6.59. The van der Waals surface area contributed by atoms with Crippen molar-refractivity contribution in [3.8, 4) is 0 Å². The van der Waals surface area contributed by atoms with Gasteiger partial charge in [0.2, 0.25) is 0 Å². The molecule has 0 saturated heterocycles. The van der Waals surface area contributed by atoms with Crippen LogP contribution >= 0.6 is 11.8 Å². The van der Waals surface area contributed by atoms with Crippen LogP contribution in [0.15, 0.2) is 24.4 Å². The Hall–Kier alpha value is -0.740. The molecule has 3 nitrogen and oxygen atoms in total. The molecule has 1 fully saturated rings. The lowest BCUT2D eigenvalue weighted by atomic mass is 9.90. The number of hydrogen-bond acceptors (Lipinski definition) is 4. The van der Waals surface area contributed by atoms with Gasteiger partial charge < -0.3 is 10.6 Å². The quantitative estimate of drug-likeness (QED) is 0.813. The third kappa shape index (κ3) is 4.39. The average Bonchev–Trinajstić information content (AvgIpc) is 2.46. The van der Waals surface area contributed by atoms with E-state index in [0.717, 1.165) is 25.2 Å². The van der Waals surface area contributed by atoms with Gasteiger partial charge in [0.25, 0.3) is 0 Å². The molecule has 1 aliphatic rings. The number of thioether (sulfide) groups is 1. The van der Waals surface area contributed by atoms with E-state index in [0.29, 0.717) is 12.1 Å². The molecule has 0 bridgehead atoms. The van der Waals surface area contributed by atoms with Gasteiger partial charge in [-0.05, 0) is 43.6 Å².